The first-order valence-corrected chi connectivity index (χ1v) is 5.60. The summed E-state index contributed by atoms with van der Waals surface area (Å²) in [4.78, 5) is 12.8. The average Bonchev–Trinajstić information content (AvgIpc) is 2.24. The van der Waals surface area contributed by atoms with Gasteiger partial charge >= 0.3 is 5.97 Å². The Balaban J connectivity index is 2.02. The van der Waals surface area contributed by atoms with E-state index in [0.29, 0.717) is 13.0 Å². The molecule has 0 saturated carbocycles. The van der Waals surface area contributed by atoms with Gasteiger partial charge in [-0.05, 0) is 25.9 Å². The highest BCUT2D eigenvalue weighted by molar-refractivity contribution is 5.65. The molecule has 0 aromatic carbocycles. The van der Waals surface area contributed by atoms with Crippen LogP contribution in [0.3, 0.4) is 0 Å². The number of ether oxygens (including phenoxy) is 1. The third-order valence-electron chi connectivity index (χ3n) is 2.41. The van der Waals surface area contributed by atoms with E-state index in [-0.39, 0.29) is 5.97 Å². The van der Waals surface area contributed by atoms with Crippen LogP contribution in [-0.2, 0) is 9.53 Å². The van der Waals surface area contributed by atoms with Gasteiger partial charge in [-0.1, -0.05) is 18.3 Å². The molecule has 1 aliphatic heterocycles. The van der Waals surface area contributed by atoms with E-state index < -0.39 is 0 Å². The summed E-state index contributed by atoms with van der Waals surface area (Å²) >= 11 is 0. The summed E-state index contributed by atoms with van der Waals surface area (Å²) in [5, 5.41) is 0. The molecule has 1 fully saturated rings. The Morgan fingerprint density at radius 1 is 1.27 bits per heavy atom. The molecule has 0 N–H and O–H groups in total. The van der Waals surface area contributed by atoms with E-state index >= 15 is 0 Å². The molecule has 0 spiro atoms. The molecule has 0 radical (unpaired) electrons. The van der Waals surface area contributed by atoms with Crippen molar-refractivity contribution < 1.29 is 9.53 Å². The fourth-order valence-corrected chi connectivity index (χ4v) is 1.62. The minimum atomic E-state index is -0.229. The van der Waals surface area contributed by atoms with Crippen molar-refractivity contribution in [2.75, 3.05) is 26.2 Å². The van der Waals surface area contributed by atoms with Crippen molar-refractivity contribution >= 4 is 5.97 Å². The van der Waals surface area contributed by atoms with Gasteiger partial charge in [-0.15, -0.1) is 0 Å². The van der Waals surface area contributed by atoms with Gasteiger partial charge in [-0.2, -0.15) is 0 Å². The molecule has 1 saturated heterocycles. The molecule has 0 amide bonds. The Labute approximate surface area is 91.8 Å². The van der Waals surface area contributed by atoms with Gasteiger partial charge in [-0.25, -0.2) is 0 Å². The maximum absolute atomic E-state index is 10.4. The lowest BCUT2D eigenvalue weighted by atomic mass is 10.1. The highest BCUT2D eigenvalue weighted by atomic mass is 16.5. The van der Waals surface area contributed by atoms with Gasteiger partial charge in [0.05, 0.1) is 6.54 Å². The third-order valence-corrected chi connectivity index (χ3v) is 2.41. The summed E-state index contributed by atoms with van der Waals surface area (Å²) in [6.07, 6.45) is 4.61. The van der Waals surface area contributed by atoms with Crippen LogP contribution in [0.15, 0.2) is 0 Å². The van der Waals surface area contributed by atoms with Crippen LogP contribution in [-0.4, -0.2) is 37.1 Å². The van der Waals surface area contributed by atoms with E-state index in [4.69, 9.17) is 4.74 Å². The number of nitrogens with zero attached hydrogens (tertiary/aromatic N) is 1. The summed E-state index contributed by atoms with van der Waals surface area (Å²) in [6.45, 7) is 5.06. The number of likely N-dealkylation sites (tertiary alicyclic amines) is 1. The van der Waals surface area contributed by atoms with Crippen molar-refractivity contribution in [2.45, 2.75) is 32.6 Å². The summed E-state index contributed by atoms with van der Waals surface area (Å²) in [5.74, 6) is 5.90. The second-order valence-corrected chi connectivity index (χ2v) is 3.78. The van der Waals surface area contributed by atoms with Crippen molar-refractivity contribution in [3.05, 3.63) is 0 Å². The van der Waals surface area contributed by atoms with Gasteiger partial charge in [0.25, 0.3) is 0 Å². The van der Waals surface area contributed by atoms with Crippen molar-refractivity contribution in [3.63, 3.8) is 0 Å². The Hall–Kier alpha value is -1.01. The fourth-order valence-electron chi connectivity index (χ4n) is 1.62. The summed E-state index contributed by atoms with van der Waals surface area (Å²) in [6, 6.07) is 0. The monoisotopic (exact) mass is 209 g/mol. The zero-order valence-corrected chi connectivity index (χ0v) is 9.42. The smallest absolute Gasteiger partial charge is 0.302 e. The Morgan fingerprint density at radius 3 is 2.67 bits per heavy atom. The number of rotatable bonds is 3. The number of hydrogen-bond donors (Lipinski definition) is 0. The summed E-state index contributed by atoms with van der Waals surface area (Å²) in [7, 11) is 0. The van der Waals surface area contributed by atoms with Gasteiger partial charge in [0.2, 0.25) is 0 Å². The molecule has 1 heterocycles. The van der Waals surface area contributed by atoms with Crippen molar-refractivity contribution in [2.24, 2.45) is 0 Å². The Morgan fingerprint density at radius 2 is 2.00 bits per heavy atom. The molecule has 0 atom stereocenters. The molecule has 3 nitrogen and oxygen atoms in total. The molecule has 1 rings (SSSR count). The number of carbonyl (C=O) groups excluding carboxylic acids is 1. The minimum absolute atomic E-state index is 0.229. The van der Waals surface area contributed by atoms with E-state index in [0.717, 1.165) is 6.54 Å². The van der Waals surface area contributed by atoms with E-state index in [9.17, 15) is 4.79 Å². The van der Waals surface area contributed by atoms with E-state index in [1.165, 1.54) is 39.3 Å². The second-order valence-electron chi connectivity index (χ2n) is 3.78. The van der Waals surface area contributed by atoms with E-state index in [2.05, 4.69) is 16.7 Å². The maximum atomic E-state index is 10.4. The van der Waals surface area contributed by atoms with Crippen LogP contribution in [0.1, 0.15) is 32.6 Å². The van der Waals surface area contributed by atoms with Crippen LogP contribution in [0.4, 0.5) is 0 Å². The lowest BCUT2D eigenvalue weighted by molar-refractivity contribution is -0.140. The molecule has 1 aliphatic rings. The van der Waals surface area contributed by atoms with Gasteiger partial charge in [0.15, 0.2) is 0 Å². The van der Waals surface area contributed by atoms with Gasteiger partial charge in [-0.3, -0.25) is 9.69 Å². The molecular weight excluding hydrogens is 190 g/mol. The van der Waals surface area contributed by atoms with Crippen molar-refractivity contribution in [1.82, 2.24) is 4.90 Å². The first kappa shape index (κ1) is 12.1. The van der Waals surface area contributed by atoms with Gasteiger partial charge in [0.1, 0.15) is 6.61 Å². The zero-order chi connectivity index (χ0) is 10.9. The molecule has 15 heavy (non-hydrogen) atoms. The second kappa shape index (κ2) is 7.30. The van der Waals surface area contributed by atoms with Crippen LogP contribution >= 0.6 is 0 Å². The summed E-state index contributed by atoms with van der Waals surface area (Å²) < 4.78 is 4.78. The van der Waals surface area contributed by atoms with Crippen LogP contribution < -0.4 is 0 Å². The SMILES string of the molecule is CC(=O)OCCC#CCN1CCCCC1. The van der Waals surface area contributed by atoms with Gasteiger partial charge < -0.3 is 4.74 Å². The van der Waals surface area contributed by atoms with E-state index in [1.807, 2.05) is 0 Å². The molecule has 0 aliphatic carbocycles. The number of hydrogen-bond acceptors (Lipinski definition) is 3. The van der Waals surface area contributed by atoms with Crippen LogP contribution in [0, 0.1) is 11.8 Å². The fraction of sp³-hybridized carbons (Fsp3) is 0.750. The first-order chi connectivity index (χ1) is 7.29. The van der Waals surface area contributed by atoms with Crippen molar-refractivity contribution in [3.8, 4) is 11.8 Å². The predicted octanol–water partition coefficient (Wildman–Crippen LogP) is 1.43. The molecule has 84 valence electrons. The molecule has 0 aromatic rings. The molecule has 0 unspecified atom stereocenters. The van der Waals surface area contributed by atoms with Crippen molar-refractivity contribution in [1.29, 1.82) is 0 Å². The molecule has 3 heteroatoms. The lowest BCUT2D eigenvalue weighted by Crippen LogP contribution is -2.29. The largest absolute Gasteiger partial charge is 0.465 e. The summed E-state index contributed by atoms with van der Waals surface area (Å²) in [5.41, 5.74) is 0. The molecular formula is C12H19NO2. The van der Waals surface area contributed by atoms with Crippen LogP contribution in [0.25, 0.3) is 0 Å². The number of piperidine rings is 1. The normalized spacial score (nSPS) is 16.6. The Bertz CT molecular complexity index is 246. The molecule has 0 aromatic heterocycles. The minimum Gasteiger partial charge on any atom is -0.465 e. The average molecular weight is 209 g/mol. The predicted molar refractivity (Wildman–Crippen MR) is 59.3 cm³/mol. The quantitative estimate of drug-likeness (QED) is 0.400. The van der Waals surface area contributed by atoms with Crippen LogP contribution in [0.5, 0.6) is 0 Å². The zero-order valence-electron chi connectivity index (χ0n) is 9.42. The Kier molecular flexibility index (Phi) is 5.87. The maximum Gasteiger partial charge on any atom is 0.302 e. The lowest BCUT2D eigenvalue weighted by Gasteiger charge is -2.23. The number of carbonyl (C=O) groups is 1. The highest BCUT2D eigenvalue weighted by Crippen LogP contribution is 2.07. The standard InChI is InChI=1S/C12H19NO2/c1-12(14)15-11-7-3-6-10-13-8-4-2-5-9-13/h2,4-5,7-11H2,1H3. The molecule has 0 bridgehead atoms. The van der Waals surface area contributed by atoms with E-state index in [1.54, 1.807) is 0 Å². The topological polar surface area (TPSA) is 29.5 Å². The highest BCUT2D eigenvalue weighted by Gasteiger charge is 2.07. The number of esters is 1. The first-order valence-electron chi connectivity index (χ1n) is 5.60. The van der Waals surface area contributed by atoms with Crippen LogP contribution in [0.2, 0.25) is 0 Å². The van der Waals surface area contributed by atoms with Gasteiger partial charge in [0, 0.05) is 13.3 Å². The third kappa shape index (κ3) is 6.14.